The second kappa shape index (κ2) is 7.60. The number of hydrogen-bond donors (Lipinski definition) is 0. The third kappa shape index (κ3) is 4.85. The average Bonchev–Trinajstić information content (AvgIpc) is 2.48. The fourth-order valence-electron chi connectivity index (χ4n) is 2.75. The Balaban J connectivity index is 1.78. The lowest BCUT2D eigenvalue weighted by Crippen LogP contribution is -2.48. The van der Waals surface area contributed by atoms with Crippen molar-refractivity contribution in [3.05, 3.63) is 35.4 Å². The van der Waals surface area contributed by atoms with Crippen molar-refractivity contribution in [3.8, 4) is 0 Å². The molecule has 0 aliphatic carbocycles. The van der Waals surface area contributed by atoms with E-state index in [2.05, 4.69) is 49.9 Å². The molecular weight excluding hydrogens is 260 g/mol. The molecule has 1 aliphatic heterocycles. The molecule has 2 rings (SSSR count). The Morgan fingerprint density at radius 3 is 2.43 bits per heavy atom. The smallest absolute Gasteiger partial charge is 0.222 e. The molecule has 0 unspecified atom stereocenters. The Kier molecular flexibility index (Phi) is 5.80. The first-order valence-corrected chi connectivity index (χ1v) is 8.11. The van der Waals surface area contributed by atoms with Crippen LogP contribution in [0.4, 0.5) is 0 Å². The van der Waals surface area contributed by atoms with E-state index in [-0.39, 0.29) is 0 Å². The lowest BCUT2D eigenvalue weighted by molar-refractivity contribution is -0.133. The third-order valence-corrected chi connectivity index (χ3v) is 4.32. The number of aryl methyl sites for hydroxylation is 1. The first kappa shape index (κ1) is 16.0. The molecule has 3 nitrogen and oxygen atoms in total. The van der Waals surface area contributed by atoms with Crippen LogP contribution in [0.1, 0.15) is 37.8 Å². The van der Waals surface area contributed by atoms with Crippen molar-refractivity contribution in [2.75, 3.05) is 26.2 Å². The summed E-state index contributed by atoms with van der Waals surface area (Å²) in [4.78, 5) is 16.6. The van der Waals surface area contributed by atoms with E-state index in [4.69, 9.17) is 0 Å². The van der Waals surface area contributed by atoms with Crippen molar-refractivity contribution in [1.29, 1.82) is 0 Å². The molecule has 1 fully saturated rings. The van der Waals surface area contributed by atoms with E-state index in [9.17, 15) is 4.79 Å². The highest BCUT2D eigenvalue weighted by Gasteiger charge is 2.21. The summed E-state index contributed by atoms with van der Waals surface area (Å²) in [7, 11) is 0. The highest BCUT2D eigenvalue weighted by molar-refractivity contribution is 5.76. The molecule has 0 atom stereocenters. The first-order chi connectivity index (χ1) is 10.1. The minimum absolute atomic E-state index is 0.333. The van der Waals surface area contributed by atoms with Crippen LogP contribution in [0.2, 0.25) is 0 Å². The van der Waals surface area contributed by atoms with Gasteiger partial charge in [-0.3, -0.25) is 9.69 Å². The molecule has 0 saturated carbocycles. The van der Waals surface area contributed by atoms with Crippen LogP contribution in [0.25, 0.3) is 0 Å². The molecular formula is C18H28N2O. The van der Waals surface area contributed by atoms with Crippen LogP contribution < -0.4 is 0 Å². The molecule has 1 aromatic carbocycles. The number of rotatable bonds is 5. The van der Waals surface area contributed by atoms with Crippen LogP contribution in [0.5, 0.6) is 0 Å². The van der Waals surface area contributed by atoms with Crippen molar-refractivity contribution >= 4 is 5.91 Å². The molecule has 0 bridgehead atoms. The summed E-state index contributed by atoms with van der Waals surface area (Å²) in [5, 5.41) is 0. The predicted octanol–water partition coefficient (Wildman–Crippen LogP) is 3.08. The summed E-state index contributed by atoms with van der Waals surface area (Å²) >= 11 is 0. The van der Waals surface area contributed by atoms with Gasteiger partial charge in [0.2, 0.25) is 5.91 Å². The van der Waals surface area contributed by atoms with Crippen LogP contribution in [0, 0.1) is 12.8 Å². The third-order valence-electron chi connectivity index (χ3n) is 4.32. The van der Waals surface area contributed by atoms with Crippen molar-refractivity contribution in [2.24, 2.45) is 5.92 Å². The van der Waals surface area contributed by atoms with Crippen LogP contribution in [-0.4, -0.2) is 41.9 Å². The second-order valence-electron chi connectivity index (χ2n) is 6.52. The molecule has 0 aromatic heterocycles. The van der Waals surface area contributed by atoms with E-state index in [0.717, 1.165) is 39.1 Å². The highest BCUT2D eigenvalue weighted by atomic mass is 16.2. The molecule has 1 saturated heterocycles. The Morgan fingerprint density at radius 1 is 1.14 bits per heavy atom. The zero-order valence-corrected chi connectivity index (χ0v) is 13.6. The Bertz CT molecular complexity index is 462. The van der Waals surface area contributed by atoms with Crippen molar-refractivity contribution in [3.63, 3.8) is 0 Å². The zero-order valence-electron chi connectivity index (χ0n) is 13.6. The minimum atomic E-state index is 0.333. The molecule has 1 aliphatic rings. The first-order valence-electron chi connectivity index (χ1n) is 8.11. The largest absolute Gasteiger partial charge is 0.340 e. The molecule has 116 valence electrons. The van der Waals surface area contributed by atoms with Gasteiger partial charge in [0.05, 0.1) is 0 Å². The van der Waals surface area contributed by atoms with Gasteiger partial charge in [0.1, 0.15) is 0 Å². The van der Waals surface area contributed by atoms with Crippen LogP contribution in [0.15, 0.2) is 24.3 Å². The molecule has 21 heavy (non-hydrogen) atoms. The summed E-state index contributed by atoms with van der Waals surface area (Å²) in [6, 6.07) is 8.56. The van der Waals surface area contributed by atoms with E-state index in [0.29, 0.717) is 18.2 Å². The zero-order chi connectivity index (χ0) is 15.2. The molecule has 0 radical (unpaired) electrons. The summed E-state index contributed by atoms with van der Waals surface area (Å²) in [5.41, 5.74) is 2.75. The second-order valence-corrected chi connectivity index (χ2v) is 6.52. The fraction of sp³-hybridized carbons (Fsp3) is 0.611. The van der Waals surface area contributed by atoms with Gasteiger partial charge < -0.3 is 4.90 Å². The number of carbonyl (C=O) groups excluding carboxylic acids is 1. The van der Waals surface area contributed by atoms with E-state index in [1.807, 2.05) is 4.90 Å². The van der Waals surface area contributed by atoms with Crippen molar-refractivity contribution < 1.29 is 4.79 Å². The molecule has 1 amide bonds. The van der Waals surface area contributed by atoms with Gasteiger partial charge in [-0.05, 0) is 30.4 Å². The molecule has 1 aromatic rings. The monoisotopic (exact) mass is 288 g/mol. The van der Waals surface area contributed by atoms with Gasteiger partial charge >= 0.3 is 0 Å². The lowest BCUT2D eigenvalue weighted by Gasteiger charge is -2.35. The molecule has 3 heteroatoms. The summed E-state index contributed by atoms with van der Waals surface area (Å²) in [6.07, 6.45) is 1.71. The van der Waals surface area contributed by atoms with Gasteiger partial charge in [0.25, 0.3) is 0 Å². The van der Waals surface area contributed by atoms with Crippen molar-refractivity contribution in [2.45, 2.75) is 40.2 Å². The van der Waals surface area contributed by atoms with Crippen LogP contribution >= 0.6 is 0 Å². The predicted molar refractivity (Wildman–Crippen MR) is 87.1 cm³/mol. The van der Waals surface area contributed by atoms with Gasteiger partial charge in [-0.2, -0.15) is 0 Å². The topological polar surface area (TPSA) is 23.6 Å². The van der Waals surface area contributed by atoms with Crippen LogP contribution in [-0.2, 0) is 11.3 Å². The van der Waals surface area contributed by atoms with Gasteiger partial charge in [-0.1, -0.05) is 38.1 Å². The molecule has 1 heterocycles. The number of hydrogen-bond acceptors (Lipinski definition) is 2. The number of piperazine rings is 1. The Hall–Kier alpha value is -1.35. The average molecular weight is 288 g/mol. The van der Waals surface area contributed by atoms with E-state index in [1.165, 1.54) is 11.1 Å². The number of nitrogens with zero attached hydrogens (tertiary/aromatic N) is 2. The maximum Gasteiger partial charge on any atom is 0.222 e. The van der Waals surface area contributed by atoms with E-state index in [1.54, 1.807) is 0 Å². The normalized spacial score (nSPS) is 16.5. The van der Waals surface area contributed by atoms with Crippen molar-refractivity contribution in [1.82, 2.24) is 9.80 Å². The lowest BCUT2D eigenvalue weighted by atomic mass is 10.1. The highest BCUT2D eigenvalue weighted by Crippen LogP contribution is 2.14. The number of benzene rings is 1. The quantitative estimate of drug-likeness (QED) is 0.831. The summed E-state index contributed by atoms with van der Waals surface area (Å²) in [5.74, 6) is 0.940. The van der Waals surface area contributed by atoms with Crippen LogP contribution in [0.3, 0.4) is 0 Å². The van der Waals surface area contributed by atoms with Gasteiger partial charge in [-0.15, -0.1) is 0 Å². The SMILES string of the molecule is Cc1ccccc1CN1CCN(C(=O)CCC(C)C)CC1. The molecule has 0 N–H and O–H groups in total. The summed E-state index contributed by atoms with van der Waals surface area (Å²) < 4.78 is 0. The molecule has 0 spiro atoms. The number of amides is 1. The van der Waals surface area contributed by atoms with E-state index < -0.39 is 0 Å². The van der Waals surface area contributed by atoms with Gasteiger partial charge in [0, 0.05) is 39.1 Å². The Morgan fingerprint density at radius 2 is 1.81 bits per heavy atom. The Labute approximate surface area is 128 Å². The van der Waals surface area contributed by atoms with Gasteiger partial charge in [0.15, 0.2) is 0 Å². The van der Waals surface area contributed by atoms with E-state index >= 15 is 0 Å². The standard InChI is InChI=1S/C18H28N2O/c1-15(2)8-9-18(21)20-12-10-19(11-13-20)14-17-7-5-4-6-16(17)3/h4-7,15H,8-14H2,1-3H3. The number of carbonyl (C=O) groups is 1. The summed E-state index contributed by atoms with van der Waals surface area (Å²) in [6.45, 7) is 11.2. The minimum Gasteiger partial charge on any atom is -0.340 e. The maximum atomic E-state index is 12.1. The fourth-order valence-corrected chi connectivity index (χ4v) is 2.75. The van der Waals surface area contributed by atoms with Gasteiger partial charge in [-0.25, -0.2) is 0 Å². The maximum absolute atomic E-state index is 12.1.